The van der Waals surface area contributed by atoms with Crippen LogP contribution in [0.5, 0.6) is 0 Å². The molecular formula is C20H20N2O6S. The van der Waals surface area contributed by atoms with Crippen molar-refractivity contribution >= 4 is 27.8 Å². The molecular weight excluding hydrogens is 396 g/mol. The van der Waals surface area contributed by atoms with Crippen LogP contribution in [-0.4, -0.2) is 55.5 Å². The van der Waals surface area contributed by atoms with Gasteiger partial charge in [0.05, 0.1) is 16.0 Å². The summed E-state index contributed by atoms with van der Waals surface area (Å²) in [5.74, 6) is -1.86. The predicted molar refractivity (Wildman–Crippen MR) is 104 cm³/mol. The zero-order valence-corrected chi connectivity index (χ0v) is 17.0. The highest BCUT2D eigenvalue weighted by Crippen LogP contribution is 2.25. The summed E-state index contributed by atoms with van der Waals surface area (Å²) in [6.07, 6.45) is 0. The van der Waals surface area contributed by atoms with E-state index in [1.54, 1.807) is 24.3 Å². The standard InChI is InChI=1S/C20H20N2O6S/c1-13(22-18(23)16-9-4-5-10-17(16)19(22)24)20(25)28-12-14-7-6-8-15(11-14)29(26,27)21(2)3/h4-11,13H,12H2,1-3H3/t13-/m1/s1. The van der Waals surface area contributed by atoms with Gasteiger partial charge in [-0.15, -0.1) is 0 Å². The maximum Gasteiger partial charge on any atom is 0.329 e. The van der Waals surface area contributed by atoms with Crippen molar-refractivity contribution in [3.8, 4) is 0 Å². The maximum absolute atomic E-state index is 12.5. The monoisotopic (exact) mass is 416 g/mol. The number of carbonyl (C=O) groups excluding carboxylic acids is 3. The van der Waals surface area contributed by atoms with Crippen molar-refractivity contribution in [3.05, 3.63) is 65.2 Å². The van der Waals surface area contributed by atoms with Gasteiger partial charge in [0.25, 0.3) is 11.8 Å². The molecule has 1 heterocycles. The summed E-state index contributed by atoms with van der Waals surface area (Å²) < 4.78 is 30.8. The third kappa shape index (κ3) is 3.79. The van der Waals surface area contributed by atoms with E-state index in [1.807, 2.05) is 0 Å². The molecule has 1 aliphatic rings. The van der Waals surface area contributed by atoms with Crippen LogP contribution in [0.15, 0.2) is 53.4 Å². The van der Waals surface area contributed by atoms with Crippen molar-refractivity contribution in [1.82, 2.24) is 9.21 Å². The average molecular weight is 416 g/mol. The van der Waals surface area contributed by atoms with E-state index < -0.39 is 33.8 Å². The summed E-state index contributed by atoms with van der Waals surface area (Å²) in [4.78, 5) is 38.3. The van der Waals surface area contributed by atoms with Crippen molar-refractivity contribution in [2.24, 2.45) is 0 Å². The number of imide groups is 1. The van der Waals surface area contributed by atoms with Gasteiger partial charge in [-0.05, 0) is 36.8 Å². The quantitative estimate of drug-likeness (QED) is 0.524. The molecule has 0 radical (unpaired) electrons. The van der Waals surface area contributed by atoms with E-state index in [2.05, 4.69) is 0 Å². The van der Waals surface area contributed by atoms with E-state index in [9.17, 15) is 22.8 Å². The lowest BCUT2D eigenvalue weighted by molar-refractivity contribution is -0.149. The number of amides is 2. The summed E-state index contributed by atoms with van der Waals surface area (Å²) >= 11 is 0. The largest absolute Gasteiger partial charge is 0.459 e. The molecule has 0 N–H and O–H groups in total. The second-order valence-electron chi connectivity index (χ2n) is 6.74. The number of nitrogens with zero attached hydrogens (tertiary/aromatic N) is 2. The Kier molecular flexibility index (Phi) is 5.54. The molecule has 2 aromatic carbocycles. The summed E-state index contributed by atoms with van der Waals surface area (Å²) in [6.45, 7) is 1.22. The van der Waals surface area contributed by atoms with Crippen molar-refractivity contribution in [3.63, 3.8) is 0 Å². The van der Waals surface area contributed by atoms with Crippen LogP contribution >= 0.6 is 0 Å². The van der Waals surface area contributed by atoms with Gasteiger partial charge < -0.3 is 4.74 Å². The highest BCUT2D eigenvalue weighted by atomic mass is 32.2. The first-order valence-electron chi connectivity index (χ1n) is 8.79. The lowest BCUT2D eigenvalue weighted by Crippen LogP contribution is -2.43. The number of hydrogen-bond donors (Lipinski definition) is 0. The molecule has 0 saturated heterocycles. The summed E-state index contributed by atoms with van der Waals surface area (Å²) in [5.41, 5.74) is 0.966. The number of carbonyl (C=O) groups is 3. The van der Waals surface area contributed by atoms with Gasteiger partial charge in [0, 0.05) is 14.1 Å². The molecule has 9 heteroatoms. The Morgan fingerprint density at radius 1 is 1.03 bits per heavy atom. The van der Waals surface area contributed by atoms with Crippen molar-refractivity contribution < 1.29 is 27.5 Å². The Hall–Kier alpha value is -3.04. The fraction of sp³-hybridized carbons (Fsp3) is 0.250. The summed E-state index contributed by atoms with van der Waals surface area (Å²) in [7, 11) is -0.772. The SMILES string of the molecule is C[C@H](C(=O)OCc1cccc(S(=O)(=O)N(C)C)c1)N1C(=O)c2ccccc2C1=O. The van der Waals surface area contributed by atoms with Gasteiger partial charge in [-0.2, -0.15) is 0 Å². The number of hydrogen-bond acceptors (Lipinski definition) is 6. The molecule has 0 aliphatic carbocycles. The van der Waals surface area contributed by atoms with Gasteiger partial charge in [0.2, 0.25) is 10.0 Å². The maximum atomic E-state index is 12.5. The predicted octanol–water partition coefficient (Wildman–Crippen LogP) is 1.66. The van der Waals surface area contributed by atoms with Gasteiger partial charge in [-0.3, -0.25) is 14.5 Å². The van der Waals surface area contributed by atoms with E-state index in [0.29, 0.717) is 5.56 Å². The molecule has 0 saturated carbocycles. The van der Waals surface area contributed by atoms with Crippen LogP contribution in [-0.2, 0) is 26.2 Å². The van der Waals surface area contributed by atoms with Crippen LogP contribution in [0.4, 0.5) is 0 Å². The van der Waals surface area contributed by atoms with E-state index in [-0.39, 0.29) is 22.6 Å². The molecule has 0 unspecified atom stereocenters. The molecule has 1 aliphatic heterocycles. The first kappa shape index (κ1) is 20.7. The number of ether oxygens (including phenoxy) is 1. The molecule has 0 bridgehead atoms. The molecule has 2 amide bonds. The third-order valence-electron chi connectivity index (χ3n) is 4.61. The van der Waals surface area contributed by atoms with E-state index >= 15 is 0 Å². The number of rotatable bonds is 6. The zero-order chi connectivity index (χ0) is 21.3. The Morgan fingerprint density at radius 3 is 2.17 bits per heavy atom. The van der Waals surface area contributed by atoms with Gasteiger partial charge >= 0.3 is 5.97 Å². The number of fused-ring (bicyclic) bond motifs is 1. The summed E-state index contributed by atoms with van der Waals surface area (Å²) in [6, 6.07) is 11.3. The van der Waals surface area contributed by atoms with Crippen molar-refractivity contribution in [2.75, 3.05) is 14.1 Å². The lowest BCUT2D eigenvalue weighted by Gasteiger charge is -2.21. The van der Waals surface area contributed by atoms with Crippen LogP contribution in [0, 0.1) is 0 Å². The van der Waals surface area contributed by atoms with Crippen molar-refractivity contribution in [1.29, 1.82) is 0 Å². The minimum atomic E-state index is -3.62. The second-order valence-corrected chi connectivity index (χ2v) is 8.90. The molecule has 1 atom stereocenters. The molecule has 8 nitrogen and oxygen atoms in total. The van der Waals surface area contributed by atoms with Crippen LogP contribution in [0.3, 0.4) is 0 Å². The second kappa shape index (κ2) is 7.76. The number of sulfonamides is 1. The van der Waals surface area contributed by atoms with Gasteiger partial charge in [-0.1, -0.05) is 24.3 Å². The molecule has 152 valence electrons. The van der Waals surface area contributed by atoms with Crippen molar-refractivity contribution in [2.45, 2.75) is 24.5 Å². The fourth-order valence-corrected chi connectivity index (χ4v) is 3.92. The van der Waals surface area contributed by atoms with Gasteiger partial charge in [-0.25, -0.2) is 17.5 Å². The molecule has 2 aromatic rings. The van der Waals surface area contributed by atoms with Crippen LogP contribution in [0.1, 0.15) is 33.2 Å². The summed E-state index contributed by atoms with van der Waals surface area (Å²) in [5, 5.41) is 0. The van der Waals surface area contributed by atoms with E-state index in [4.69, 9.17) is 4.74 Å². The fourth-order valence-electron chi connectivity index (χ4n) is 2.95. The molecule has 3 rings (SSSR count). The van der Waals surface area contributed by atoms with Gasteiger partial charge in [0.15, 0.2) is 0 Å². The first-order valence-corrected chi connectivity index (χ1v) is 10.2. The average Bonchev–Trinajstić information content (AvgIpc) is 2.96. The number of benzene rings is 2. The molecule has 0 fully saturated rings. The normalized spacial score (nSPS) is 14.8. The first-order chi connectivity index (χ1) is 13.6. The number of esters is 1. The minimum Gasteiger partial charge on any atom is -0.459 e. The highest BCUT2D eigenvalue weighted by molar-refractivity contribution is 7.89. The van der Waals surface area contributed by atoms with Crippen LogP contribution in [0.2, 0.25) is 0 Å². The molecule has 29 heavy (non-hydrogen) atoms. The van der Waals surface area contributed by atoms with Gasteiger partial charge in [0.1, 0.15) is 12.6 Å². The Morgan fingerprint density at radius 2 is 1.62 bits per heavy atom. The Bertz CT molecular complexity index is 1060. The van der Waals surface area contributed by atoms with Crippen LogP contribution < -0.4 is 0 Å². The topological polar surface area (TPSA) is 101 Å². The Labute approximate surface area is 168 Å². The van der Waals surface area contributed by atoms with E-state index in [1.165, 1.54) is 45.3 Å². The van der Waals surface area contributed by atoms with Crippen LogP contribution in [0.25, 0.3) is 0 Å². The molecule has 0 spiro atoms. The Balaban J connectivity index is 1.71. The smallest absolute Gasteiger partial charge is 0.329 e. The van der Waals surface area contributed by atoms with E-state index in [0.717, 1.165) is 9.21 Å². The highest BCUT2D eigenvalue weighted by Gasteiger charge is 2.41. The zero-order valence-electron chi connectivity index (χ0n) is 16.2. The minimum absolute atomic E-state index is 0.0736. The molecule has 0 aromatic heterocycles. The lowest BCUT2D eigenvalue weighted by atomic mass is 10.1. The third-order valence-corrected chi connectivity index (χ3v) is 6.42.